The molecule has 0 bridgehead atoms. The van der Waals surface area contributed by atoms with Crippen LogP contribution in [-0.2, 0) is 4.74 Å². The van der Waals surface area contributed by atoms with Crippen molar-refractivity contribution >= 4 is 40.5 Å². The third-order valence-electron chi connectivity index (χ3n) is 4.34. The molecule has 1 fully saturated rings. The van der Waals surface area contributed by atoms with Gasteiger partial charge in [-0.2, -0.15) is 0 Å². The molecule has 0 saturated carbocycles. The van der Waals surface area contributed by atoms with Gasteiger partial charge in [0.05, 0.1) is 11.6 Å². The van der Waals surface area contributed by atoms with E-state index in [0.717, 1.165) is 0 Å². The molecule has 156 valence electrons. The number of ether oxygens (including phenoxy) is 1. The highest BCUT2D eigenvalue weighted by Crippen LogP contribution is 2.28. The topological polar surface area (TPSA) is 123 Å². The van der Waals surface area contributed by atoms with E-state index in [9.17, 15) is 14.0 Å². The maximum absolute atomic E-state index is 14.5. The molecule has 3 heterocycles. The summed E-state index contributed by atoms with van der Waals surface area (Å²) in [7, 11) is 0. The van der Waals surface area contributed by atoms with E-state index in [1.165, 1.54) is 12.4 Å². The lowest BCUT2D eigenvalue weighted by atomic mass is 10.0. The molecule has 1 aliphatic heterocycles. The van der Waals surface area contributed by atoms with Gasteiger partial charge in [0.25, 0.3) is 5.91 Å². The molecule has 2 aromatic rings. The summed E-state index contributed by atoms with van der Waals surface area (Å²) in [4.78, 5) is 38.1. The number of pyridine rings is 1. The molecule has 2 unspecified atom stereocenters. The summed E-state index contributed by atoms with van der Waals surface area (Å²) in [5, 5.41) is 2.63. The lowest BCUT2D eigenvalue weighted by Crippen LogP contribution is -2.54. The second-order valence-electron chi connectivity index (χ2n) is 7.75. The van der Waals surface area contributed by atoms with Crippen LogP contribution in [0.4, 0.5) is 15.0 Å². The second kappa shape index (κ2) is 7.94. The number of piperidine rings is 1. The number of hydrogen-bond donors (Lipinski definition) is 2. The maximum Gasteiger partial charge on any atom is 0.408 e. The predicted molar refractivity (Wildman–Crippen MR) is 106 cm³/mol. The third-order valence-corrected chi connectivity index (χ3v) is 4.53. The fourth-order valence-electron chi connectivity index (χ4n) is 3.13. The Morgan fingerprint density at radius 1 is 1.34 bits per heavy atom. The van der Waals surface area contributed by atoms with Crippen LogP contribution in [-0.4, -0.2) is 57.9 Å². The van der Waals surface area contributed by atoms with Crippen LogP contribution in [0.5, 0.6) is 0 Å². The monoisotopic (exact) mass is 424 g/mol. The number of nitrogens with one attached hydrogen (secondary N) is 1. The van der Waals surface area contributed by atoms with E-state index in [0.29, 0.717) is 12.4 Å². The number of rotatable bonds is 3. The number of halogens is 2. The molecule has 0 aromatic carbocycles. The molecule has 1 aliphatic rings. The fraction of sp³-hybridized carbons (Fsp3) is 0.500. The van der Waals surface area contributed by atoms with Gasteiger partial charge in [-0.1, -0.05) is 11.6 Å². The largest absolute Gasteiger partial charge is 0.444 e. The number of nitrogens with zero attached hydrogens (tertiary/aromatic N) is 4. The van der Waals surface area contributed by atoms with Crippen molar-refractivity contribution in [2.24, 2.45) is 5.73 Å². The van der Waals surface area contributed by atoms with E-state index < -0.39 is 29.8 Å². The maximum atomic E-state index is 14.5. The summed E-state index contributed by atoms with van der Waals surface area (Å²) in [5.41, 5.74) is 5.37. The summed E-state index contributed by atoms with van der Waals surface area (Å²) in [6.07, 6.45) is -0.506. The number of nitrogens with two attached hydrogens (primary N) is 1. The van der Waals surface area contributed by atoms with Crippen LogP contribution in [0.3, 0.4) is 0 Å². The van der Waals surface area contributed by atoms with Gasteiger partial charge >= 0.3 is 6.09 Å². The molecule has 9 nitrogen and oxygen atoms in total. The van der Waals surface area contributed by atoms with Gasteiger partial charge in [-0.25, -0.2) is 24.1 Å². The van der Waals surface area contributed by atoms with Crippen LogP contribution in [0.2, 0.25) is 5.15 Å². The predicted octanol–water partition coefficient (Wildman–Crippen LogP) is 2.22. The van der Waals surface area contributed by atoms with Crippen LogP contribution >= 0.6 is 11.6 Å². The first kappa shape index (κ1) is 21.0. The normalized spacial score (nSPS) is 19.8. The van der Waals surface area contributed by atoms with Crippen LogP contribution in [0, 0.1) is 0 Å². The Morgan fingerprint density at radius 2 is 2.07 bits per heavy atom. The molecular formula is C18H22ClFN6O3. The molecule has 1 saturated heterocycles. The average molecular weight is 425 g/mol. The molecule has 2 amide bonds. The number of amides is 2. The average Bonchev–Trinajstić information content (AvgIpc) is 2.60. The van der Waals surface area contributed by atoms with Gasteiger partial charge in [0.1, 0.15) is 34.3 Å². The number of primary amides is 1. The molecule has 2 aromatic heterocycles. The molecule has 0 spiro atoms. The van der Waals surface area contributed by atoms with E-state index in [2.05, 4.69) is 20.3 Å². The van der Waals surface area contributed by atoms with Crippen molar-refractivity contribution in [3.05, 3.63) is 23.1 Å². The fourth-order valence-corrected chi connectivity index (χ4v) is 3.32. The summed E-state index contributed by atoms with van der Waals surface area (Å²) in [6, 6.07) is 0.530. The van der Waals surface area contributed by atoms with E-state index in [1.807, 2.05) is 0 Å². The molecule has 0 aliphatic carbocycles. The Labute approximate surface area is 171 Å². The summed E-state index contributed by atoms with van der Waals surface area (Å²) in [5.74, 6) is -0.321. The number of fused-ring (bicyclic) bond motifs is 1. The van der Waals surface area contributed by atoms with E-state index >= 15 is 0 Å². The summed E-state index contributed by atoms with van der Waals surface area (Å²) in [6.45, 7) is 5.65. The minimum Gasteiger partial charge on any atom is -0.444 e. The molecule has 29 heavy (non-hydrogen) atoms. The first-order chi connectivity index (χ1) is 13.5. The zero-order chi connectivity index (χ0) is 21.3. The van der Waals surface area contributed by atoms with Gasteiger partial charge in [0.2, 0.25) is 0 Å². The van der Waals surface area contributed by atoms with Crippen molar-refractivity contribution < 1.29 is 18.7 Å². The van der Waals surface area contributed by atoms with Gasteiger partial charge in [0.15, 0.2) is 5.82 Å². The van der Waals surface area contributed by atoms with Gasteiger partial charge in [0, 0.05) is 13.1 Å². The number of alkyl halides is 1. The van der Waals surface area contributed by atoms with Crippen molar-refractivity contribution in [1.82, 2.24) is 20.3 Å². The summed E-state index contributed by atoms with van der Waals surface area (Å²) < 4.78 is 19.7. The molecule has 0 radical (unpaired) electrons. The van der Waals surface area contributed by atoms with Crippen LogP contribution < -0.4 is 16.0 Å². The number of aromatic nitrogens is 3. The Balaban J connectivity index is 1.90. The highest BCUT2D eigenvalue weighted by atomic mass is 35.5. The van der Waals surface area contributed by atoms with Crippen molar-refractivity contribution in [1.29, 1.82) is 0 Å². The van der Waals surface area contributed by atoms with Gasteiger partial charge < -0.3 is 20.7 Å². The zero-order valence-electron chi connectivity index (χ0n) is 16.3. The van der Waals surface area contributed by atoms with E-state index in [1.54, 1.807) is 25.7 Å². The Kier molecular flexibility index (Phi) is 5.74. The van der Waals surface area contributed by atoms with E-state index in [-0.39, 0.29) is 34.7 Å². The minimum absolute atomic E-state index is 0.0613. The van der Waals surface area contributed by atoms with Crippen molar-refractivity contribution in [3.8, 4) is 0 Å². The highest BCUT2D eigenvalue weighted by molar-refractivity contribution is 6.30. The van der Waals surface area contributed by atoms with Crippen molar-refractivity contribution in [2.75, 3.05) is 18.0 Å². The number of carbonyl (C=O) groups excluding carboxylic acids is 2. The first-order valence-electron chi connectivity index (χ1n) is 9.05. The molecule has 3 rings (SSSR count). The smallest absolute Gasteiger partial charge is 0.408 e. The zero-order valence-corrected chi connectivity index (χ0v) is 17.0. The third kappa shape index (κ3) is 4.81. The number of anilines is 1. The van der Waals surface area contributed by atoms with Crippen molar-refractivity contribution in [2.45, 2.75) is 45.0 Å². The van der Waals surface area contributed by atoms with E-state index in [4.69, 9.17) is 22.1 Å². The second-order valence-corrected chi connectivity index (χ2v) is 8.14. The lowest BCUT2D eigenvalue weighted by Gasteiger charge is -2.36. The Morgan fingerprint density at radius 3 is 2.72 bits per heavy atom. The first-order valence-corrected chi connectivity index (χ1v) is 9.42. The van der Waals surface area contributed by atoms with Gasteiger partial charge in [-0.15, -0.1) is 0 Å². The lowest BCUT2D eigenvalue weighted by molar-refractivity contribution is 0.0465. The quantitative estimate of drug-likeness (QED) is 0.724. The molecule has 11 heteroatoms. The Bertz CT molecular complexity index is 951. The van der Waals surface area contributed by atoms with Crippen LogP contribution in [0.15, 0.2) is 12.4 Å². The SMILES string of the molecule is CC(C)(C)OC(=O)NC1CN(c2ncnc3c(C(N)=O)cc(Cl)nc23)CCC1F. The van der Waals surface area contributed by atoms with Gasteiger partial charge in [-0.3, -0.25) is 4.79 Å². The Hall–Kier alpha value is -2.75. The number of carbonyl (C=O) groups is 2. The molecule has 2 atom stereocenters. The number of hydrogen-bond acceptors (Lipinski definition) is 7. The van der Waals surface area contributed by atoms with Crippen LogP contribution in [0.25, 0.3) is 11.0 Å². The van der Waals surface area contributed by atoms with Crippen LogP contribution in [0.1, 0.15) is 37.6 Å². The molecular weight excluding hydrogens is 403 g/mol. The number of alkyl carbamates (subject to hydrolysis) is 1. The molecule has 3 N–H and O–H groups in total. The van der Waals surface area contributed by atoms with Gasteiger partial charge in [-0.05, 0) is 33.3 Å². The van der Waals surface area contributed by atoms with Crippen molar-refractivity contribution in [3.63, 3.8) is 0 Å². The standard InChI is InChI=1S/C18H22ClFN6O3/c1-18(2,3)29-17(28)24-11-7-26(5-4-10(11)20)16-14-13(22-8-23-16)9(15(21)27)6-12(19)25-14/h6,8,10-11H,4-5,7H2,1-3H3,(H2,21,27)(H,24,28). The highest BCUT2D eigenvalue weighted by Gasteiger charge is 2.33. The minimum atomic E-state index is -1.25. The summed E-state index contributed by atoms with van der Waals surface area (Å²) >= 11 is 6.03.